The molecule has 0 unspecified atom stereocenters. The van der Waals surface area contributed by atoms with Crippen LogP contribution in [0.5, 0.6) is 0 Å². The third-order valence-corrected chi connectivity index (χ3v) is 2.14. The van der Waals surface area contributed by atoms with Gasteiger partial charge in [0.15, 0.2) is 5.76 Å². The average molecular weight is 234 g/mol. The van der Waals surface area contributed by atoms with E-state index in [9.17, 15) is 4.79 Å². The smallest absolute Gasteiger partial charge is 0.337 e. The van der Waals surface area contributed by atoms with Gasteiger partial charge < -0.3 is 20.7 Å². The monoisotopic (exact) mass is 234 g/mol. The number of nitrogens with two attached hydrogens (primary N) is 1. The van der Waals surface area contributed by atoms with Gasteiger partial charge in [0.1, 0.15) is 5.82 Å². The summed E-state index contributed by atoms with van der Waals surface area (Å²) in [5.41, 5.74) is 5.78. The second-order valence-corrected chi connectivity index (χ2v) is 3.26. The molecule has 0 aliphatic carbocycles. The van der Waals surface area contributed by atoms with E-state index in [1.165, 1.54) is 18.5 Å². The Kier molecular flexibility index (Phi) is 2.91. The molecule has 4 N–H and O–H groups in total. The van der Waals surface area contributed by atoms with Crippen LogP contribution in [0.3, 0.4) is 0 Å². The van der Waals surface area contributed by atoms with E-state index in [-0.39, 0.29) is 11.3 Å². The minimum Gasteiger partial charge on any atom is -0.478 e. The molecule has 7 heteroatoms. The largest absolute Gasteiger partial charge is 0.478 e. The SMILES string of the molecule is Nc1c(C(=O)O)ccnc1NCc1ccno1. The zero-order valence-corrected chi connectivity index (χ0v) is 8.75. The van der Waals surface area contributed by atoms with Crippen LogP contribution in [-0.4, -0.2) is 21.2 Å². The lowest BCUT2D eigenvalue weighted by molar-refractivity contribution is 0.0698. The lowest BCUT2D eigenvalue weighted by Crippen LogP contribution is -2.09. The zero-order chi connectivity index (χ0) is 12.3. The second kappa shape index (κ2) is 4.52. The van der Waals surface area contributed by atoms with Gasteiger partial charge in [-0.1, -0.05) is 5.16 Å². The molecule has 0 bridgehead atoms. The minimum atomic E-state index is -1.09. The standard InChI is InChI=1S/C10H10N4O3/c11-8-7(10(15)16)2-3-12-9(8)13-5-6-1-4-14-17-6/h1-4H,5,11H2,(H,12,13)(H,15,16). The quantitative estimate of drug-likeness (QED) is 0.721. The minimum absolute atomic E-state index is 0.0140. The summed E-state index contributed by atoms with van der Waals surface area (Å²) in [7, 11) is 0. The number of anilines is 2. The Morgan fingerprint density at radius 2 is 2.29 bits per heavy atom. The average Bonchev–Trinajstić information content (AvgIpc) is 2.80. The van der Waals surface area contributed by atoms with E-state index in [0.29, 0.717) is 18.1 Å². The number of hydrogen-bond donors (Lipinski definition) is 3. The van der Waals surface area contributed by atoms with Crippen molar-refractivity contribution in [3.8, 4) is 0 Å². The first kappa shape index (κ1) is 10.9. The molecule has 2 aromatic heterocycles. The lowest BCUT2D eigenvalue weighted by Gasteiger charge is -2.08. The van der Waals surface area contributed by atoms with Gasteiger partial charge in [0, 0.05) is 12.3 Å². The summed E-state index contributed by atoms with van der Waals surface area (Å²) in [6.07, 6.45) is 2.89. The predicted octanol–water partition coefficient (Wildman–Crippen LogP) is 0.962. The second-order valence-electron chi connectivity index (χ2n) is 3.26. The maximum atomic E-state index is 10.8. The van der Waals surface area contributed by atoms with Crippen LogP contribution in [-0.2, 0) is 6.54 Å². The van der Waals surface area contributed by atoms with E-state index in [4.69, 9.17) is 15.4 Å². The van der Waals surface area contributed by atoms with Crippen LogP contribution in [0.1, 0.15) is 16.1 Å². The highest BCUT2D eigenvalue weighted by Crippen LogP contribution is 2.20. The fourth-order valence-electron chi connectivity index (χ4n) is 1.30. The molecule has 2 heterocycles. The highest BCUT2D eigenvalue weighted by Gasteiger charge is 2.12. The third-order valence-electron chi connectivity index (χ3n) is 2.14. The molecule has 0 aliphatic heterocycles. The van der Waals surface area contributed by atoms with Crippen LogP contribution in [0.4, 0.5) is 11.5 Å². The van der Waals surface area contributed by atoms with Crippen LogP contribution in [0.25, 0.3) is 0 Å². The molecule has 2 rings (SSSR count). The van der Waals surface area contributed by atoms with E-state index < -0.39 is 5.97 Å². The zero-order valence-electron chi connectivity index (χ0n) is 8.75. The number of carbonyl (C=O) groups is 1. The summed E-state index contributed by atoms with van der Waals surface area (Å²) in [6.45, 7) is 0.334. The van der Waals surface area contributed by atoms with Gasteiger partial charge in [0.05, 0.1) is 24.0 Å². The molecular weight excluding hydrogens is 224 g/mol. The number of rotatable bonds is 4. The van der Waals surface area contributed by atoms with Crippen molar-refractivity contribution in [2.24, 2.45) is 0 Å². The molecular formula is C10H10N4O3. The molecule has 17 heavy (non-hydrogen) atoms. The van der Waals surface area contributed by atoms with Crippen molar-refractivity contribution in [3.63, 3.8) is 0 Å². The van der Waals surface area contributed by atoms with Crippen LogP contribution in [0, 0.1) is 0 Å². The molecule has 88 valence electrons. The number of carboxylic acid groups (broad SMARTS) is 1. The molecule has 7 nitrogen and oxygen atoms in total. The fourth-order valence-corrected chi connectivity index (χ4v) is 1.30. The Bertz CT molecular complexity index is 524. The van der Waals surface area contributed by atoms with E-state index in [1.807, 2.05) is 0 Å². The van der Waals surface area contributed by atoms with Gasteiger partial charge in [-0.05, 0) is 6.07 Å². The van der Waals surface area contributed by atoms with E-state index in [1.54, 1.807) is 6.07 Å². The Labute approximate surface area is 96.2 Å². The summed E-state index contributed by atoms with van der Waals surface area (Å²) in [4.78, 5) is 14.8. The number of nitrogen functional groups attached to an aromatic ring is 1. The summed E-state index contributed by atoms with van der Waals surface area (Å²) in [6, 6.07) is 3.03. The van der Waals surface area contributed by atoms with Gasteiger partial charge in [-0.15, -0.1) is 0 Å². The van der Waals surface area contributed by atoms with Crippen molar-refractivity contribution in [1.29, 1.82) is 0 Å². The number of hydrogen-bond acceptors (Lipinski definition) is 6. The molecule has 0 saturated heterocycles. The van der Waals surface area contributed by atoms with Crippen LogP contribution >= 0.6 is 0 Å². The van der Waals surface area contributed by atoms with Crippen molar-refractivity contribution >= 4 is 17.5 Å². The summed E-state index contributed by atoms with van der Waals surface area (Å²) >= 11 is 0. The number of aromatic nitrogens is 2. The Balaban J connectivity index is 2.16. The normalized spacial score (nSPS) is 10.1. The molecule has 0 aromatic carbocycles. The highest BCUT2D eigenvalue weighted by atomic mass is 16.5. The van der Waals surface area contributed by atoms with E-state index >= 15 is 0 Å². The molecule has 2 aromatic rings. The van der Waals surface area contributed by atoms with Gasteiger partial charge >= 0.3 is 5.97 Å². The Morgan fingerprint density at radius 3 is 2.94 bits per heavy atom. The van der Waals surface area contributed by atoms with E-state index in [2.05, 4.69) is 15.5 Å². The molecule has 0 spiro atoms. The summed E-state index contributed by atoms with van der Waals surface area (Å²) in [5.74, 6) is -0.180. The van der Waals surface area contributed by atoms with Gasteiger partial charge in [-0.3, -0.25) is 0 Å². The molecule has 0 fully saturated rings. The van der Waals surface area contributed by atoms with Gasteiger partial charge in [-0.2, -0.15) is 0 Å². The first-order valence-electron chi connectivity index (χ1n) is 4.79. The number of nitrogens with one attached hydrogen (secondary N) is 1. The first-order valence-corrected chi connectivity index (χ1v) is 4.79. The summed E-state index contributed by atoms with van der Waals surface area (Å²) < 4.78 is 4.88. The lowest BCUT2D eigenvalue weighted by atomic mass is 10.2. The Morgan fingerprint density at radius 1 is 1.47 bits per heavy atom. The van der Waals surface area contributed by atoms with Crippen molar-refractivity contribution in [2.75, 3.05) is 11.1 Å². The van der Waals surface area contributed by atoms with E-state index in [0.717, 1.165) is 0 Å². The van der Waals surface area contributed by atoms with Crippen molar-refractivity contribution in [3.05, 3.63) is 35.9 Å². The van der Waals surface area contributed by atoms with Crippen LogP contribution < -0.4 is 11.1 Å². The van der Waals surface area contributed by atoms with Crippen LogP contribution in [0.15, 0.2) is 29.0 Å². The molecule has 0 radical (unpaired) electrons. The molecule has 0 aliphatic rings. The third kappa shape index (κ3) is 2.33. The van der Waals surface area contributed by atoms with Crippen molar-refractivity contribution in [2.45, 2.75) is 6.54 Å². The molecule has 0 saturated carbocycles. The Hall–Kier alpha value is -2.57. The van der Waals surface area contributed by atoms with Gasteiger partial charge in [0.2, 0.25) is 0 Å². The molecule has 0 atom stereocenters. The predicted molar refractivity (Wildman–Crippen MR) is 59.4 cm³/mol. The molecule has 0 amide bonds. The highest BCUT2D eigenvalue weighted by molar-refractivity contribution is 5.96. The van der Waals surface area contributed by atoms with Gasteiger partial charge in [0.25, 0.3) is 0 Å². The maximum Gasteiger partial charge on any atom is 0.337 e. The number of aromatic carboxylic acids is 1. The number of pyridine rings is 1. The maximum absolute atomic E-state index is 10.8. The van der Waals surface area contributed by atoms with Crippen LogP contribution in [0.2, 0.25) is 0 Å². The number of nitrogens with zero attached hydrogens (tertiary/aromatic N) is 2. The first-order chi connectivity index (χ1) is 8.18. The van der Waals surface area contributed by atoms with Crippen molar-refractivity contribution < 1.29 is 14.4 Å². The fraction of sp³-hybridized carbons (Fsp3) is 0.100. The summed E-state index contributed by atoms with van der Waals surface area (Å²) in [5, 5.41) is 15.3. The van der Waals surface area contributed by atoms with Crippen molar-refractivity contribution in [1.82, 2.24) is 10.1 Å². The topological polar surface area (TPSA) is 114 Å². The number of carboxylic acids is 1. The van der Waals surface area contributed by atoms with Gasteiger partial charge in [-0.25, -0.2) is 9.78 Å².